The summed E-state index contributed by atoms with van der Waals surface area (Å²) in [5.41, 5.74) is 0.104. The van der Waals surface area contributed by atoms with E-state index >= 15 is 0 Å². The van der Waals surface area contributed by atoms with Crippen LogP contribution in [0.2, 0.25) is 0 Å². The van der Waals surface area contributed by atoms with Crippen molar-refractivity contribution < 1.29 is 5.11 Å². The molecule has 3 nitrogen and oxygen atoms in total. The Bertz CT molecular complexity index is 369. The highest BCUT2D eigenvalue weighted by Crippen LogP contribution is 2.34. The van der Waals surface area contributed by atoms with Crippen LogP contribution in [-0.4, -0.2) is 14.9 Å². The van der Waals surface area contributed by atoms with Gasteiger partial charge in [-0.2, -0.15) is 5.10 Å². The fourth-order valence-corrected chi connectivity index (χ4v) is 2.12. The van der Waals surface area contributed by atoms with Crippen molar-refractivity contribution in [3.05, 3.63) is 30.1 Å². The van der Waals surface area contributed by atoms with Gasteiger partial charge in [-0.05, 0) is 31.7 Å². The quantitative estimate of drug-likeness (QED) is 0.752. The van der Waals surface area contributed by atoms with Gasteiger partial charge < -0.3 is 5.11 Å². The van der Waals surface area contributed by atoms with Crippen LogP contribution in [-0.2, 0) is 12.1 Å². The minimum Gasteiger partial charge on any atom is -0.379 e. The molecule has 0 spiro atoms. The molecule has 1 aliphatic carbocycles. The summed E-state index contributed by atoms with van der Waals surface area (Å²) in [6, 6.07) is 1.91. The Hall–Kier alpha value is -1.09. The first kappa shape index (κ1) is 10.4. The van der Waals surface area contributed by atoms with E-state index in [2.05, 4.69) is 18.1 Å². The van der Waals surface area contributed by atoms with Crippen LogP contribution in [0, 0.1) is 5.92 Å². The van der Waals surface area contributed by atoms with Gasteiger partial charge in [0.15, 0.2) is 0 Å². The molecule has 0 bridgehead atoms. The molecule has 1 heterocycles. The van der Waals surface area contributed by atoms with Gasteiger partial charge in [-0.25, -0.2) is 0 Å². The minimum atomic E-state index is -0.807. The van der Waals surface area contributed by atoms with E-state index in [1.54, 1.807) is 6.20 Å². The highest BCUT2D eigenvalue weighted by Gasteiger charge is 2.32. The van der Waals surface area contributed by atoms with Gasteiger partial charge in [0.1, 0.15) is 5.60 Å². The number of hydrogen-bond acceptors (Lipinski definition) is 2. The summed E-state index contributed by atoms with van der Waals surface area (Å²) >= 11 is 0. The molecule has 0 saturated carbocycles. The van der Waals surface area contributed by atoms with Gasteiger partial charge in [-0.3, -0.25) is 4.68 Å². The lowest BCUT2D eigenvalue weighted by Gasteiger charge is -2.30. The molecule has 0 radical (unpaired) electrons. The number of aromatic nitrogens is 2. The molecule has 2 rings (SSSR count). The summed E-state index contributed by atoms with van der Waals surface area (Å²) < 4.78 is 1.86. The molecule has 1 aliphatic rings. The van der Waals surface area contributed by atoms with E-state index in [1.807, 2.05) is 23.7 Å². The molecular weight excluding hydrogens is 188 g/mol. The van der Waals surface area contributed by atoms with Gasteiger partial charge in [0.2, 0.25) is 0 Å². The Morgan fingerprint density at radius 3 is 3.07 bits per heavy atom. The Morgan fingerprint density at radius 2 is 2.47 bits per heavy atom. The van der Waals surface area contributed by atoms with Crippen LogP contribution in [0.1, 0.15) is 32.4 Å². The van der Waals surface area contributed by atoms with Gasteiger partial charge in [-0.1, -0.05) is 19.1 Å². The van der Waals surface area contributed by atoms with E-state index in [0.29, 0.717) is 5.92 Å². The molecule has 2 atom stereocenters. The van der Waals surface area contributed by atoms with Crippen molar-refractivity contribution in [2.75, 3.05) is 0 Å². The van der Waals surface area contributed by atoms with E-state index < -0.39 is 5.60 Å². The second-order valence-corrected chi connectivity index (χ2v) is 4.33. The first-order chi connectivity index (χ1) is 7.15. The fourth-order valence-electron chi connectivity index (χ4n) is 2.12. The first-order valence-corrected chi connectivity index (χ1v) is 5.60. The SMILES string of the molecule is CCn1nccc1C1(O)C=CC(C)CC1. The Balaban J connectivity index is 2.33. The zero-order chi connectivity index (χ0) is 10.9. The molecule has 82 valence electrons. The molecule has 3 heteroatoms. The van der Waals surface area contributed by atoms with Crippen LogP contribution in [0.3, 0.4) is 0 Å². The predicted molar refractivity (Wildman–Crippen MR) is 59.3 cm³/mol. The number of nitrogens with zero attached hydrogens (tertiary/aromatic N) is 2. The fraction of sp³-hybridized carbons (Fsp3) is 0.583. The van der Waals surface area contributed by atoms with Crippen LogP contribution >= 0.6 is 0 Å². The number of hydrogen-bond donors (Lipinski definition) is 1. The van der Waals surface area contributed by atoms with Gasteiger partial charge in [0.05, 0.1) is 5.69 Å². The van der Waals surface area contributed by atoms with Crippen molar-refractivity contribution >= 4 is 0 Å². The van der Waals surface area contributed by atoms with Gasteiger partial charge in [0, 0.05) is 12.7 Å². The lowest BCUT2D eigenvalue weighted by Crippen LogP contribution is -2.29. The van der Waals surface area contributed by atoms with Crippen LogP contribution in [0.25, 0.3) is 0 Å². The molecule has 2 unspecified atom stereocenters. The van der Waals surface area contributed by atoms with E-state index in [-0.39, 0.29) is 0 Å². The maximum atomic E-state index is 10.5. The van der Waals surface area contributed by atoms with Gasteiger partial charge in [-0.15, -0.1) is 0 Å². The molecule has 1 aromatic rings. The van der Waals surface area contributed by atoms with Crippen molar-refractivity contribution in [2.24, 2.45) is 5.92 Å². The molecular formula is C12H18N2O. The smallest absolute Gasteiger partial charge is 0.124 e. The Kier molecular flexibility index (Phi) is 2.65. The van der Waals surface area contributed by atoms with E-state index in [0.717, 1.165) is 25.1 Å². The van der Waals surface area contributed by atoms with Crippen LogP contribution in [0.15, 0.2) is 24.4 Å². The van der Waals surface area contributed by atoms with E-state index in [4.69, 9.17) is 0 Å². The third-order valence-corrected chi connectivity index (χ3v) is 3.14. The minimum absolute atomic E-state index is 0.572. The van der Waals surface area contributed by atoms with E-state index in [1.165, 1.54) is 0 Å². The second kappa shape index (κ2) is 3.81. The van der Waals surface area contributed by atoms with Crippen molar-refractivity contribution in [2.45, 2.75) is 38.8 Å². The van der Waals surface area contributed by atoms with Crippen LogP contribution in [0.4, 0.5) is 0 Å². The molecule has 0 aliphatic heterocycles. The number of aryl methyl sites for hydroxylation is 1. The largest absolute Gasteiger partial charge is 0.379 e. The molecule has 0 saturated heterocycles. The summed E-state index contributed by atoms with van der Waals surface area (Å²) in [5.74, 6) is 0.572. The third-order valence-electron chi connectivity index (χ3n) is 3.14. The zero-order valence-corrected chi connectivity index (χ0v) is 9.35. The standard InChI is InChI=1S/C12H18N2O/c1-3-14-11(6-9-13-14)12(15)7-4-10(2)5-8-12/h4,6-7,9-10,15H,3,5,8H2,1-2H3. The van der Waals surface area contributed by atoms with Crippen molar-refractivity contribution in [1.29, 1.82) is 0 Å². The third kappa shape index (κ3) is 1.84. The van der Waals surface area contributed by atoms with Crippen LogP contribution in [0.5, 0.6) is 0 Å². The van der Waals surface area contributed by atoms with Gasteiger partial charge in [0.25, 0.3) is 0 Å². The molecule has 15 heavy (non-hydrogen) atoms. The second-order valence-electron chi connectivity index (χ2n) is 4.33. The number of allylic oxidation sites excluding steroid dienone is 1. The Morgan fingerprint density at radius 1 is 1.67 bits per heavy atom. The maximum Gasteiger partial charge on any atom is 0.124 e. The average Bonchev–Trinajstić information content (AvgIpc) is 2.71. The zero-order valence-electron chi connectivity index (χ0n) is 9.35. The number of rotatable bonds is 2. The maximum absolute atomic E-state index is 10.5. The lowest BCUT2D eigenvalue weighted by molar-refractivity contribution is 0.0580. The lowest BCUT2D eigenvalue weighted by atomic mass is 9.84. The summed E-state index contributed by atoms with van der Waals surface area (Å²) in [7, 11) is 0. The number of aliphatic hydroxyl groups is 1. The van der Waals surface area contributed by atoms with Crippen LogP contribution < -0.4 is 0 Å². The van der Waals surface area contributed by atoms with Gasteiger partial charge >= 0.3 is 0 Å². The topological polar surface area (TPSA) is 38.0 Å². The first-order valence-electron chi connectivity index (χ1n) is 5.60. The summed E-state index contributed by atoms with van der Waals surface area (Å²) in [6.07, 6.45) is 7.59. The predicted octanol–water partition coefficient (Wildman–Crippen LogP) is 2.08. The summed E-state index contributed by atoms with van der Waals surface area (Å²) in [5, 5.41) is 14.7. The molecule has 1 aromatic heterocycles. The summed E-state index contributed by atoms with van der Waals surface area (Å²) in [4.78, 5) is 0. The van der Waals surface area contributed by atoms with Crippen molar-refractivity contribution in [3.63, 3.8) is 0 Å². The average molecular weight is 206 g/mol. The molecule has 1 N–H and O–H groups in total. The normalized spacial score (nSPS) is 30.7. The van der Waals surface area contributed by atoms with Crippen molar-refractivity contribution in [1.82, 2.24) is 9.78 Å². The van der Waals surface area contributed by atoms with E-state index in [9.17, 15) is 5.11 Å². The Labute approximate surface area is 90.4 Å². The molecule has 0 amide bonds. The van der Waals surface area contributed by atoms with Crippen molar-refractivity contribution in [3.8, 4) is 0 Å². The molecule has 0 aromatic carbocycles. The highest BCUT2D eigenvalue weighted by atomic mass is 16.3. The monoisotopic (exact) mass is 206 g/mol. The molecule has 0 fully saturated rings. The summed E-state index contributed by atoms with van der Waals surface area (Å²) in [6.45, 7) is 5.01. The highest BCUT2D eigenvalue weighted by molar-refractivity contribution is 5.22.